The molecule has 0 aliphatic carbocycles. The van der Waals surface area contributed by atoms with Crippen molar-refractivity contribution in [2.24, 2.45) is 0 Å². The lowest BCUT2D eigenvalue weighted by atomic mass is 10.4. The van der Waals surface area contributed by atoms with Crippen molar-refractivity contribution < 1.29 is 14.3 Å². The van der Waals surface area contributed by atoms with Crippen LogP contribution in [0.5, 0.6) is 0 Å². The average molecular weight is 214 g/mol. The SMILES string of the molecule is COC(=O)CCN(C)C(=O)N1CCCC1. The lowest BCUT2D eigenvalue weighted by Gasteiger charge is -2.23. The predicted molar refractivity (Wildman–Crippen MR) is 55.5 cm³/mol. The van der Waals surface area contributed by atoms with Gasteiger partial charge in [-0.15, -0.1) is 0 Å². The van der Waals surface area contributed by atoms with Crippen LogP contribution in [0.3, 0.4) is 0 Å². The van der Waals surface area contributed by atoms with E-state index in [9.17, 15) is 9.59 Å². The number of likely N-dealkylation sites (tertiary alicyclic amines) is 1. The highest BCUT2D eigenvalue weighted by Gasteiger charge is 2.21. The van der Waals surface area contributed by atoms with Gasteiger partial charge in [0.25, 0.3) is 0 Å². The molecule has 1 aliphatic heterocycles. The number of ether oxygens (including phenoxy) is 1. The second-order valence-electron chi connectivity index (χ2n) is 3.72. The quantitative estimate of drug-likeness (QED) is 0.650. The maximum Gasteiger partial charge on any atom is 0.319 e. The van der Waals surface area contributed by atoms with Gasteiger partial charge in [-0.05, 0) is 12.8 Å². The van der Waals surface area contributed by atoms with Crippen molar-refractivity contribution in [2.45, 2.75) is 19.3 Å². The molecule has 0 saturated carbocycles. The zero-order valence-electron chi connectivity index (χ0n) is 9.36. The van der Waals surface area contributed by atoms with Crippen LogP contribution in [0.1, 0.15) is 19.3 Å². The standard InChI is InChI=1S/C10H18N2O3/c1-11(8-5-9(13)15-2)10(14)12-6-3-4-7-12/h3-8H2,1-2H3. The Morgan fingerprint density at radius 1 is 1.33 bits per heavy atom. The zero-order valence-corrected chi connectivity index (χ0v) is 9.36. The van der Waals surface area contributed by atoms with Crippen LogP contribution in [0.4, 0.5) is 4.79 Å². The molecule has 0 aromatic heterocycles. The molecule has 1 fully saturated rings. The first-order chi connectivity index (χ1) is 7.15. The van der Waals surface area contributed by atoms with Crippen molar-refractivity contribution in [2.75, 3.05) is 33.8 Å². The van der Waals surface area contributed by atoms with E-state index in [0.29, 0.717) is 6.54 Å². The summed E-state index contributed by atoms with van der Waals surface area (Å²) in [6.45, 7) is 2.09. The Morgan fingerprint density at radius 2 is 1.93 bits per heavy atom. The third-order valence-corrected chi connectivity index (χ3v) is 2.58. The second kappa shape index (κ2) is 5.58. The van der Waals surface area contributed by atoms with Crippen LogP contribution >= 0.6 is 0 Å². The summed E-state index contributed by atoms with van der Waals surface area (Å²) in [7, 11) is 3.06. The van der Waals surface area contributed by atoms with E-state index < -0.39 is 0 Å². The molecule has 0 bridgehead atoms. The molecule has 5 heteroatoms. The normalized spacial score (nSPS) is 15.2. The van der Waals surface area contributed by atoms with Crippen LogP contribution in [0.15, 0.2) is 0 Å². The molecule has 1 rings (SSSR count). The number of esters is 1. The molecule has 0 radical (unpaired) electrons. The van der Waals surface area contributed by atoms with Gasteiger partial charge in [0.1, 0.15) is 0 Å². The molecule has 5 nitrogen and oxygen atoms in total. The van der Waals surface area contributed by atoms with E-state index in [0.717, 1.165) is 25.9 Å². The van der Waals surface area contributed by atoms with E-state index >= 15 is 0 Å². The summed E-state index contributed by atoms with van der Waals surface area (Å²) in [6, 6.07) is 0.0106. The minimum absolute atomic E-state index is 0.0106. The molecule has 0 atom stereocenters. The van der Waals surface area contributed by atoms with Gasteiger partial charge in [0, 0.05) is 26.7 Å². The monoisotopic (exact) mass is 214 g/mol. The Kier molecular flexibility index (Phi) is 4.39. The maximum absolute atomic E-state index is 11.7. The van der Waals surface area contributed by atoms with Gasteiger partial charge in [0.2, 0.25) is 0 Å². The highest BCUT2D eigenvalue weighted by Crippen LogP contribution is 2.09. The Hall–Kier alpha value is -1.26. The lowest BCUT2D eigenvalue weighted by molar-refractivity contribution is -0.140. The van der Waals surface area contributed by atoms with Crippen LogP contribution in [0.2, 0.25) is 0 Å². The minimum atomic E-state index is -0.281. The fourth-order valence-electron chi connectivity index (χ4n) is 1.61. The number of amides is 2. The summed E-state index contributed by atoms with van der Waals surface area (Å²) in [6.07, 6.45) is 2.42. The van der Waals surface area contributed by atoms with E-state index in [2.05, 4.69) is 4.74 Å². The molecule has 1 heterocycles. The second-order valence-corrected chi connectivity index (χ2v) is 3.72. The van der Waals surface area contributed by atoms with Crippen molar-refractivity contribution in [1.82, 2.24) is 9.80 Å². The van der Waals surface area contributed by atoms with Crippen molar-refractivity contribution in [1.29, 1.82) is 0 Å². The van der Waals surface area contributed by atoms with Crippen molar-refractivity contribution in [3.63, 3.8) is 0 Å². The Bertz CT molecular complexity index is 237. The van der Waals surface area contributed by atoms with Gasteiger partial charge in [-0.3, -0.25) is 4.79 Å². The van der Waals surface area contributed by atoms with Gasteiger partial charge >= 0.3 is 12.0 Å². The number of carbonyl (C=O) groups is 2. The molecule has 0 aromatic rings. The van der Waals surface area contributed by atoms with Gasteiger partial charge in [0.05, 0.1) is 13.5 Å². The third-order valence-electron chi connectivity index (χ3n) is 2.58. The fraction of sp³-hybridized carbons (Fsp3) is 0.800. The van der Waals surface area contributed by atoms with E-state index in [1.165, 1.54) is 7.11 Å². The van der Waals surface area contributed by atoms with Crippen LogP contribution < -0.4 is 0 Å². The Labute approximate surface area is 90.0 Å². The van der Waals surface area contributed by atoms with Crippen LogP contribution in [0, 0.1) is 0 Å². The van der Waals surface area contributed by atoms with Gasteiger partial charge in [-0.25, -0.2) is 4.79 Å². The van der Waals surface area contributed by atoms with Gasteiger partial charge in [0.15, 0.2) is 0 Å². The van der Waals surface area contributed by atoms with Crippen molar-refractivity contribution in [3.8, 4) is 0 Å². The first-order valence-corrected chi connectivity index (χ1v) is 5.22. The number of hydrogen-bond donors (Lipinski definition) is 0. The van der Waals surface area contributed by atoms with E-state index in [-0.39, 0.29) is 18.4 Å². The summed E-state index contributed by atoms with van der Waals surface area (Å²) in [4.78, 5) is 26.0. The third kappa shape index (κ3) is 3.42. The number of urea groups is 1. The fourth-order valence-corrected chi connectivity index (χ4v) is 1.61. The van der Waals surface area contributed by atoms with E-state index in [1.54, 1.807) is 11.9 Å². The minimum Gasteiger partial charge on any atom is -0.469 e. The summed E-state index contributed by atoms with van der Waals surface area (Å²) in [5.74, 6) is -0.281. The van der Waals surface area contributed by atoms with Crippen molar-refractivity contribution in [3.05, 3.63) is 0 Å². The topological polar surface area (TPSA) is 49.9 Å². The molecular formula is C10H18N2O3. The smallest absolute Gasteiger partial charge is 0.319 e. The molecule has 0 N–H and O–H groups in total. The first-order valence-electron chi connectivity index (χ1n) is 5.22. The molecule has 1 aliphatic rings. The van der Waals surface area contributed by atoms with Crippen molar-refractivity contribution >= 4 is 12.0 Å². The summed E-state index contributed by atoms with van der Waals surface area (Å²) in [5.41, 5.74) is 0. The van der Waals surface area contributed by atoms with E-state index in [4.69, 9.17) is 0 Å². The zero-order chi connectivity index (χ0) is 11.3. The average Bonchev–Trinajstić information content (AvgIpc) is 2.77. The molecule has 0 aromatic carbocycles. The largest absolute Gasteiger partial charge is 0.469 e. The molecule has 86 valence electrons. The summed E-state index contributed by atoms with van der Waals surface area (Å²) >= 11 is 0. The summed E-state index contributed by atoms with van der Waals surface area (Å²) in [5, 5.41) is 0. The Morgan fingerprint density at radius 3 is 2.47 bits per heavy atom. The molecule has 0 unspecified atom stereocenters. The highest BCUT2D eigenvalue weighted by molar-refractivity contribution is 5.75. The van der Waals surface area contributed by atoms with Gasteiger partial charge in [-0.2, -0.15) is 0 Å². The number of nitrogens with zero attached hydrogens (tertiary/aromatic N) is 2. The number of hydrogen-bond acceptors (Lipinski definition) is 3. The summed E-state index contributed by atoms with van der Waals surface area (Å²) < 4.78 is 4.52. The molecular weight excluding hydrogens is 196 g/mol. The van der Waals surface area contributed by atoms with E-state index in [1.807, 2.05) is 4.90 Å². The molecule has 0 spiro atoms. The van der Waals surface area contributed by atoms with Crippen LogP contribution in [-0.2, 0) is 9.53 Å². The van der Waals surface area contributed by atoms with Gasteiger partial charge < -0.3 is 14.5 Å². The number of carbonyl (C=O) groups excluding carboxylic acids is 2. The van der Waals surface area contributed by atoms with Gasteiger partial charge in [-0.1, -0.05) is 0 Å². The Balaban J connectivity index is 2.29. The predicted octanol–water partition coefficient (Wildman–Crippen LogP) is 0.697. The molecule has 15 heavy (non-hydrogen) atoms. The lowest BCUT2D eigenvalue weighted by Crippen LogP contribution is -2.40. The molecule has 1 saturated heterocycles. The molecule has 2 amide bonds. The number of rotatable bonds is 3. The van der Waals surface area contributed by atoms with Crippen LogP contribution in [0.25, 0.3) is 0 Å². The highest BCUT2D eigenvalue weighted by atomic mass is 16.5. The first kappa shape index (κ1) is 11.8. The van der Waals surface area contributed by atoms with Crippen LogP contribution in [-0.4, -0.2) is 55.6 Å². The maximum atomic E-state index is 11.7. The number of methoxy groups -OCH3 is 1.